The van der Waals surface area contributed by atoms with Gasteiger partial charge in [0.25, 0.3) is 0 Å². The van der Waals surface area contributed by atoms with E-state index in [9.17, 15) is 9.59 Å². The molecule has 1 aromatic heterocycles. The van der Waals surface area contributed by atoms with Crippen molar-refractivity contribution in [2.75, 3.05) is 25.0 Å². The number of fused-ring (bicyclic) bond motifs is 1. The zero-order chi connectivity index (χ0) is 17.9. The van der Waals surface area contributed by atoms with Crippen LogP contribution in [0.4, 0.5) is 10.5 Å². The standard InChI is InChI=1S/C19H20N4O3/c24-18-13-26-17-12-22(19(25)21-14-6-2-1-3-7-14)11-16(17)23(18)10-15-8-4-5-9-20-15/h1-9,16-17H,10-13H2,(H,21,25)/t16-,17+/m1/s1. The number of nitrogens with zero attached hydrogens (tertiary/aromatic N) is 3. The molecule has 0 spiro atoms. The molecule has 3 amide bonds. The second-order valence-corrected chi connectivity index (χ2v) is 6.46. The van der Waals surface area contributed by atoms with Gasteiger partial charge in [0.1, 0.15) is 6.61 Å². The number of morpholine rings is 1. The summed E-state index contributed by atoms with van der Waals surface area (Å²) >= 11 is 0. The summed E-state index contributed by atoms with van der Waals surface area (Å²) in [7, 11) is 0. The first-order chi connectivity index (χ1) is 12.7. The highest BCUT2D eigenvalue weighted by Gasteiger charge is 2.44. The average molecular weight is 352 g/mol. The van der Waals surface area contributed by atoms with Crippen LogP contribution in [0.2, 0.25) is 0 Å². The molecule has 7 nitrogen and oxygen atoms in total. The Morgan fingerprint density at radius 2 is 1.96 bits per heavy atom. The van der Waals surface area contributed by atoms with Crippen molar-refractivity contribution in [1.82, 2.24) is 14.8 Å². The monoisotopic (exact) mass is 352 g/mol. The van der Waals surface area contributed by atoms with Crippen LogP contribution in [-0.2, 0) is 16.1 Å². The summed E-state index contributed by atoms with van der Waals surface area (Å²) in [6.45, 7) is 1.39. The van der Waals surface area contributed by atoms with E-state index in [-0.39, 0.29) is 30.7 Å². The number of amides is 3. The molecule has 1 N–H and O–H groups in total. The number of ether oxygens (including phenoxy) is 1. The van der Waals surface area contributed by atoms with Gasteiger partial charge in [0.15, 0.2) is 0 Å². The molecule has 1 aromatic carbocycles. The molecule has 2 aliphatic rings. The summed E-state index contributed by atoms with van der Waals surface area (Å²) in [6.07, 6.45) is 1.55. The van der Waals surface area contributed by atoms with Crippen LogP contribution in [0.15, 0.2) is 54.7 Å². The van der Waals surface area contributed by atoms with Crippen LogP contribution in [0.25, 0.3) is 0 Å². The smallest absolute Gasteiger partial charge is 0.322 e. The molecule has 4 rings (SSSR count). The van der Waals surface area contributed by atoms with E-state index in [1.807, 2.05) is 48.5 Å². The van der Waals surface area contributed by atoms with Crippen LogP contribution in [0.3, 0.4) is 0 Å². The van der Waals surface area contributed by atoms with Crippen molar-refractivity contribution >= 4 is 17.6 Å². The van der Waals surface area contributed by atoms with Gasteiger partial charge in [-0.3, -0.25) is 9.78 Å². The third-order valence-electron chi connectivity index (χ3n) is 4.75. The Hall–Kier alpha value is -2.93. The first-order valence-electron chi connectivity index (χ1n) is 8.62. The van der Waals surface area contributed by atoms with Crippen LogP contribution < -0.4 is 5.32 Å². The first kappa shape index (κ1) is 16.5. The van der Waals surface area contributed by atoms with Crippen molar-refractivity contribution in [3.05, 3.63) is 60.4 Å². The van der Waals surface area contributed by atoms with Gasteiger partial charge in [-0.15, -0.1) is 0 Å². The van der Waals surface area contributed by atoms with E-state index < -0.39 is 0 Å². The topological polar surface area (TPSA) is 74.8 Å². The number of carbonyl (C=O) groups excluding carboxylic acids is 2. The predicted molar refractivity (Wildman–Crippen MR) is 95.3 cm³/mol. The molecular weight excluding hydrogens is 332 g/mol. The van der Waals surface area contributed by atoms with E-state index in [0.29, 0.717) is 19.6 Å². The number of aromatic nitrogens is 1. The van der Waals surface area contributed by atoms with Crippen molar-refractivity contribution in [3.8, 4) is 0 Å². The SMILES string of the molecule is O=C(Nc1ccccc1)N1C[C@@H]2OCC(=O)N(Cc3ccccn3)[C@@H]2C1. The lowest BCUT2D eigenvalue weighted by molar-refractivity contribution is -0.154. The van der Waals surface area contributed by atoms with Gasteiger partial charge in [-0.1, -0.05) is 24.3 Å². The van der Waals surface area contributed by atoms with Crippen LogP contribution >= 0.6 is 0 Å². The number of benzene rings is 1. The van der Waals surface area contributed by atoms with Crippen LogP contribution in [0.1, 0.15) is 5.69 Å². The molecule has 2 atom stereocenters. The lowest BCUT2D eigenvalue weighted by Gasteiger charge is -2.36. The molecule has 0 radical (unpaired) electrons. The van der Waals surface area contributed by atoms with Crippen molar-refractivity contribution in [2.24, 2.45) is 0 Å². The lowest BCUT2D eigenvalue weighted by atomic mass is 10.1. The Labute approximate surface area is 151 Å². The normalized spacial score (nSPS) is 22.2. The van der Waals surface area contributed by atoms with Crippen LogP contribution in [0.5, 0.6) is 0 Å². The Bertz CT molecular complexity index is 784. The highest BCUT2D eigenvalue weighted by atomic mass is 16.5. The van der Waals surface area contributed by atoms with E-state index in [1.165, 1.54) is 0 Å². The molecule has 2 aromatic rings. The molecule has 0 bridgehead atoms. The minimum Gasteiger partial charge on any atom is -0.364 e. The number of likely N-dealkylation sites (tertiary alicyclic amines) is 1. The van der Waals surface area contributed by atoms with Crippen LogP contribution in [-0.4, -0.2) is 58.6 Å². The quantitative estimate of drug-likeness (QED) is 0.913. The summed E-state index contributed by atoms with van der Waals surface area (Å²) in [4.78, 5) is 32.7. The van der Waals surface area contributed by atoms with Gasteiger partial charge in [-0.05, 0) is 24.3 Å². The fraction of sp³-hybridized carbons (Fsp3) is 0.316. The minimum absolute atomic E-state index is 0.0438. The zero-order valence-corrected chi connectivity index (χ0v) is 14.2. The van der Waals surface area contributed by atoms with Crippen molar-refractivity contribution in [2.45, 2.75) is 18.7 Å². The molecule has 7 heteroatoms. The summed E-state index contributed by atoms with van der Waals surface area (Å²) < 4.78 is 5.68. The number of carbonyl (C=O) groups is 2. The Balaban J connectivity index is 1.45. The van der Waals surface area contributed by atoms with Gasteiger partial charge in [0.2, 0.25) is 5.91 Å². The summed E-state index contributed by atoms with van der Waals surface area (Å²) in [5, 5.41) is 2.88. The van der Waals surface area contributed by atoms with Gasteiger partial charge < -0.3 is 19.9 Å². The fourth-order valence-corrected chi connectivity index (χ4v) is 3.43. The predicted octanol–water partition coefficient (Wildman–Crippen LogP) is 1.73. The molecule has 134 valence electrons. The molecule has 0 saturated carbocycles. The molecule has 2 aliphatic heterocycles. The fourth-order valence-electron chi connectivity index (χ4n) is 3.43. The number of anilines is 1. The third kappa shape index (κ3) is 3.39. The Morgan fingerprint density at radius 3 is 2.73 bits per heavy atom. The van der Waals surface area contributed by atoms with Crippen molar-refractivity contribution < 1.29 is 14.3 Å². The van der Waals surface area contributed by atoms with E-state index in [0.717, 1.165) is 11.4 Å². The van der Waals surface area contributed by atoms with E-state index in [1.54, 1.807) is 16.0 Å². The van der Waals surface area contributed by atoms with E-state index in [4.69, 9.17) is 4.74 Å². The highest BCUT2D eigenvalue weighted by Crippen LogP contribution is 2.25. The lowest BCUT2D eigenvalue weighted by Crippen LogP contribution is -2.53. The summed E-state index contributed by atoms with van der Waals surface area (Å²) in [6, 6.07) is 14.6. The Morgan fingerprint density at radius 1 is 1.15 bits per heavy atom. The van der Waals surface area contributed by atoms with Crippen molar-refractivity contribution in [1.29, 1.82) is 0 Å². The third-order valence-corrected chi connectivity index (χ3v) is 4.75. The van der Waals surface area contributed by atoms with Gasteiger partial charge >= 0.3 is 6.03 Å². The molecule has 26 heavy (non-hydrogen) atoms. The molecule has 2 fully saturated rings. The second kappa shape index (κ2) is 7.13. The maximum absolute atomic E-state index is 12.5. The molecule has 3 heterocycles. The summed E-state index contributed by atoms with van der Waals surface area (Å²) in [5.74, 6) is -0.0674. The largest absolute Gasteiger partial charge is 0.364 e. The van der Waals surface area contributed by atoms with Gasteiger partial charge in [0.05, 0.1) is 30.9 Å². The van der Waals surface area contributed by atoms with Gasteiger partial charge in [-0.2, -0.15) is 0 Å². The highest BCUT2D eigenvalue weighted by molar-refractivity contribution is 5.89. The number of para-hydroxylation sites is 1. The zero-order valence-electron chi connectivity index (χ0n) is 14.2. The molecule has 0 unspecified atom stereocenters. The minimum atomic E-state index is -0.181. The second-order valence-electron chi connectivity index (χ2n) is 6.46. The van der Waals surface area contributed by atoms with Crippen molar-refractivity contribution in [3.63, 3.8) is 0 Å². The number of rotatable bonds is 3. The Kier molecular flexibility index (Phi) is 4.53. The first-order valence-corrected chi connectivity index (χ1v) is 8.62. The molecule has 2 saturated heterocycles. The van der Waals surface area contributed by atoms with E-state index in [2.05, 4.69) is 10.3 Å². The number of pyridine rings is 1. The van der Waals surface area contributed by atoms with Crippen LogP contribution in [0, 0.1) is 0 Å². The van der Waals surface area contributed by atoms with E-state index >= 15 is 0 Å². The number of nitrogens with one attached hydrogen (secondary N) is 1. The average Bonchev–Trinajstić information content (AvgIpc) is 3.11. The summed E-state index contributed by atoms with van der Waals surface area (Å²) in [5.41, 5.74) is 1.57. The molecular formula is C19H20N4O3. The number of hydrogen-bond donors (Lipinski definition) is 1. The van der Waals surface area contributed by atoms with Gasteiger partial charge in [0, 0.05) is 18.4 Å². The number of hydrogen-bond acceptors (Lipinski definition) is 4. The molecule has 0 aliphatic carbocycles. The number of urea groups is 1. The van der Waals surface area contributed by atoms with Gasteiger partial charge in [-0.25, -0.2) is 4.79 Å². The maximum atomic E-state index is 12.5. The maximum Gasteiger partial charge on any atom is 0.322 e.